The van der Waals surface area contributed by atoms with Gasteiger partial charge in [0.2, 0.25) is 0 Å². The summed E-state index contributed by atoms with van der Waals surface area (Å²) in [5, 5.41) is 8.77. The van der Waals surface area contributed by atoms with Crippen molar-refractivity contribution >= 4 is 12.0 Å². The Bertz CT molecular complexity index is 334. The van der Waals surface area contributed by atoms with Crippen LogP contribution in [-0.4, -0.2) is 52.6 Å². The number of carbonyl (C=O) groups excluding carboxylic acids is 1. The molecule has 1 saturated carbocycles. The minimum absolute atomic E-state index is 0.0493. The van der Waals surface area contributed by atoms with Crippen molar-refractivity contribution in [1.82, 2.24) is 9.80 Å². The lowest BCUT2D eigenvalue weighted by atomic mass is 9.95. The second-order valence-electron chi connectivity index (χ2n) is 5.69. The summed E-state index contributed by atoms with van der Waals surface area (Å²) in [7, 11) is 0. The van der Waals surface area contributed by atoms with E-state index in [1.54, 1.807) is 4.90 Å². The van der Waals surface area contributed by atoms with Gasteiger partial charge in [-0.25, -0.2) is 4.79 Å². The Labute approximate surface area is 114 Å². The van der Waals surface area contributed by atoms with Crippen molar-refractivity contribution in [3.63, 3.8) is 0 Å². The molecule has 0 spiro atoms. The molecular weight excluding hydrogens is 244 g/mol. The van der Waals surface area contributed by atoms with Gasteiger partial charge in [-0.15, -0.1) is 0 Å². The van der Waals surface area contributed by atoms with Gasteiger partial charge in [0.05, 0.1) is 6.42 Å². The molecule has 2 amide bonds. The number of carboxylic acid groups (broad SMARTS) is 1. The zero-order valence-electron chi connectivity index (χ0n) is 11.7. The molecule has 5 nitrogen and oxygen atoms in total. The molecule has 0 radical (unpaired) electrons. The fraction of sp³-hybridized carbons (Fsp3) is 0.857. The zero-order chi connectivity index (χ0) is 13.8. The number of carboxylic acids is 1. The van der Waals surface area contributed by atoms with Crippen LogP contribution in [0.3, 0.4) is 0 Å². The SMILES string of the molecule is CCC1CCN(C(=O)N(CCC(=O)O)C2CC2)CC1. The van der Waals surface area contributed by atoms with E-state index in [0.717, 1.165) is 44.7 Å². The molecule has 5 heteroatoms. The first kappa shape index (κ1) is 14.2. The van der Waals surface area contributed by atoms with Gasteiger partial charge in [-0.05, 0) is 31.6 Å². The van der Waals surface area contributed by atoms with E-state index in [1.807, 2.05) is 4.90 Å². The molecule has 108 valence electrons. The number of carbonyl (C=O) groups is 2. The van der Waals surface area contributed by atoms with Crippen molar-refractivity contribution < 1.29 is 14.7 Å². The number of urea groups is 1. The van der Waals surface area contributed by atoms with Crippen LogP contribution in [0, 0.1) is 5.92 Å². The lowest BCUT2D eigenvalue weighted by molar-refractivity contribution is -0.137. The highest BCUT2D eigenvalue weighted by Crippen LogP contribution is 2.29. The minimum atomic E-state index is -0.830. The molecule has 0 aromatic rings. The topological polar surface area (TPSA) is 60.9 Å². The Hall–Kier alpha value is -1.26. The second kappa shape index (κ2) is 6.26. The molecule has 0 bridgehead atoms. The van der Waals surface area contributed by atoms with E-state index in [1.165, 1.54) is 6.42 Å². The number of hydrogen-bond acceptors (Lipinski definition) is 2. The Morgan fingerprint density at radius 3 is 2.32 bits per heavy atom. The zero-order valence-corrected chi connectivity index (χ0v) is 11.7. The van der Waals surface area contributed by atoms with Gasteiger partial charge in [0, 0.05) is 25.7 Å². The molecule has 0 unspecified atom stereocenters. The molecule has 1 aliphatic carbocycles. The van der Waals surface area contributed by atoms with Crippen LogP contribution in [0.2, 0.25) is 0 Å². The summed E-state index contributed by atoms with van der Waals surface area (Å²) in [4.78, 5) is 26.8. The predicted octanol–water partition coefficient (Wildman–Crippen LogP) is 2.17. The molecule has 1 N–H and O–H groups in total. The summed E-state index contributed by atoms with van der Waals surface area (Å²) in [6.45, 7) is 4.21. The average Bonchev–Trinajstić information content (AvgIpc) is 3.23. The van der Waals surface area contributed by atoms with Crippen LogP contribution in [0.4, 0.5) is 4.79 Å². The van der Waals surface area contributed by atoms with Gasteiger partial charge in [0.15, 0.2) is 0 Å². The molecule has 1 aliphatic heterocycles. The Morgan fingerprint density at radius 1 is 1.21 bits per heavy atom. The van der Waals surface area contributed by atoms with Gasteiger partial charge >= 0.3 is 12.0 Å². The highest BCUT2D eigenvalue weighted by molar-refractivity contribution is 5.76. The van der Waals surface area contributed by atoms with Crippen molar-refractivity contribution in [3.05, 3.63) is 0 Å². The minimum Gasteiger partial charge on any atom is -0.481 e. The summed E-state index contributed by atoms with van der Waals surface area (Å²) < 4.78 is 0. The van der Waals surface area contributed by atoms with Gasteiger partial charge in [-0.2, -0.15) is 0 Å². The number of piperidine rings is 1. The van der Waals surface area contributed by atoms with Crippen LogP contribution in [-0.2, 0) is 4.79 Å². The largest absolute Gasteiger partial charge is 0.481 e. The number of rotatable bonds is 5. The van der Waals surface area contributed by atoms with Crippen molar-refractivity contribution in [2.24, 2.45) is 5.92 Å². The van der Waals surface area contributed by atoms with E-state index in [2.05, 4.69) is 6.92 Å². The normalized spacial score (nSPS) is 20.4. The summed E-state index contributed by atoms with van der Waals surface area (Å²) in [5.41, 5.74) is 0. The van der Waals surface area contributed by atoms with Gasteiger partial charge in [-0.3, -0.25) is 4.79 Å². The van der Waals surface area contributed by atoms with Crippen LogP contribution in [0.25, 0.3) is 0 Å². The van der Waals surface area contributed by atoms with Crippen LogP contribution in [0.15, 0.2) is 0 Å². The molecule has 2 fully saturated rings. The Kier molecular flexibility index (Phi) is 4.66. The molecule has 0 atom stereocenters. The molecule has 2 aliphatic rings. The van der Waals surface area contributed by atoms with Gasteiger partial charge in [-0.1, -0.05) is 13.3 Å². The van der Waals surface area contributed by atoms with E-state index in [4.69, 9.17) is 5.11 Å². The van der Waals surface area contributed by atoms with Crippen molar-refractivity contribution in [2.75, 3.05) is 19.6 Å². The fourth-order valence-electron chi connectivity index (χ4n) is 2.75. The molecule has 0 aromatic carbocycles. The number of hydrogen-bond donors (Lipinski definition) is 1. The van der Waals surface area contributed by atoms with Gasteiger partial charge in [0.25, 0.3) is 0 Å². The van der Waals surface area contributed by atoms with Gasteiger partial charge in [0.1, 0.15) is 0 Å². The highest BCUT2D eigenvalue weighted by atomic mass is 16.4. The van der Waals surface area contributed by atoms with E-state index in [-0.39, 0.29) is 18.5 Å². The Morgan fingerprint density at radius 2 is 1.84 bits per heavy atom. The van der Waals surface area contributed by atoms with E-state index in [9.17, 15) is 9.59 Å². The lowest BCUT2D eigenvalue weighted by Gasteiger charge is -2.35. The third-order valence-electron chi connectivity index (χ3n) is 4.26. The molecule has 1 heterocycles. The molecule has 19 heavy (non-hydrogen) atoms. The summed E-state index contributed by atoms with van der Waals surface area (Å²) in [6, 6.07) is 0.342. The van der Waals surface area contributed by atoms with E-state index < -0.39 is 5.97 Å². The Balaban J connectivity index is 1.86. The third kappa shape index (κ3) is 3.85. The number of nitrogens with zero attached hydrogens (tertiary/aromatic N) is 2. The van der Waals surface area contributed by atoms with Crippen molar-refractivity contribution in [1.29, 1.82) is 0 Å². The molecule has 1 saturated heterocycles. The summed E-state index contributed by atoms with van der Waals surface area (Å²) in [6.07, 6.45) is 5.45. The van der Waals surface area contributed by atoms with Crippen LogP contribution in [0.1, 0.15) is 45.4 Å². The maximum Gasteiger partial charge on any atom is 0.320 e. The monoisotopic (exact) mass is 268 g/mol. The second-order valence-corrected chi connectivity index (χ2v) is 5.69. The summed E-state index contributed by atoms with van der Waals surface area (Å²) >= 11 is 0. The highest BCUT2D eigenvalue weighted by Gasteiger charge is 2.35. The summed E-state index contributed by atoms with van der Waals surface area (Å²) in [5.74, 6) is -0.0828. The third-order valence-corrected chi connectivity index (χ3v) is 4.26. The van der Waals surface area contributed by atoms with Crippen LogP contribution < -0.4 is 0 Å². The number of likely N-dealkylation sites (tertiary alicyclic amines) is 1. The first-order chi connectivity index (χ1) is 9.11. The van der Waals surface area contributed by atoms with Crippen LogP contribution in [0.5, 0.6) is 0 Å². The van der Waals surface area contributed by atoms with E-state index in [0.29, 0.717) is 6.54 Å². The number of amides is 2. The average molecular weight is 268 g/mol. The fourth-order valence-corrected chi connectivity index (χ4v) is 2.75. The smallest absolute Gasteiger partial charge is 0.320 e. The predicted molar refractivity (Wildman–Crippen MR) is 72.0 cm³/mol. The van der Waals surface area contributed by atoms with Crippen molar-refractivity contribution in [3.8, 4) is 0 Å². The van der Waals surface area contributed by atoms with Gasteiger partial charge < -0.3 is 14.9 Å². The molecule has 2 rings (SSSR count). The van der Waals surface area contributed by atoms with E-state index >= 15 is 0 Å². The molecule has 0 aromatic heterocycles. The first-order valence-electron chi connectivity index (χ1n) is 7.39. The standard InChI is InChI=1S/C14H24N2O3/c1-2-11-5-8-15(9-6-11)14(19)16(12-3-4-12)10-7-13(17)18/h11-12H,2-10H2,1H3,(H,17,18). The molecular formula is C14H24N2O3. The lowest BCUT2D eigenvalue weighted by Crippen LogP contribution is -2.48. The maximum absolute atomic E-state index is 12.4. The van der Waals surface area contributed by atoms with Crippen molar-refractivity contribution in [2.45, 2.75) is 51.5 Å². The quantitative estimate of drug-likeness (QED) is 0.831. The number of aliphatic carboxylic acids is 1. The first-order valence-corrected chi connectivity index (χ1v) is 7.39. The maximum atomic E-state index is 12.4. The van der Waals surface area contributed by atoms with Crippen LogP contribution >= 0.6 is 0 Å².